The van der Waals surface area contributed by atoms with Crippen molar-refractivity contribution in [2.75, 3.05) is 11.4 Å². The van der Waals surface area contributed by atoms with Crippen molar-refractivity contribution in [3.05, 3.63) is 63.9 Å². The van der Waals surface area contributed by atoms with E-state index in [4.69, 9.17) is 0 Å². The summed E-state index contributed by atoms with van der Waals surface area (Å²) in [7, 11) is 0. The minimum absolute atomic E-state index is 0.143. The Labute approximate surface area is 131 Å². The Morgan fingerprint density at radius 2 is 1.95 bits per heavy atom. The van der Waals surface area contributed by atoms with Gasteiger partial charge in [-0.1, -0.05) is 18.2 Å². The predicted octanol–water partition coefficient (Wildman–Crippen LogP) is 4.57. The van der Waals surface area contributed by atoms with E-state index < -0.39 is 5.82 Å². The zero-order valence-electron chi connectivity index (χ0n) is 11.5. The fourth-order valence-electron chi connectivity index (χ4n) is 2.69. The molecule has 0 radical (unpaired) electrons. The van der Waals surface area contributed by atoms with Crippen LogP contribution in [0.4, 0.5) is 10.1 Å². The molecule has 2 aromatic rings. The highest BCUT2D eigenvalue weighted by atomic mass is 79.9. The lowest BCUT2D eigenvalue weighted by atomic mass is 10.1. The van der Waals surface area contributed by atoms with E-state index in [1.54, 1.807) is 17.0 Å². The number of aryl methyl sites for hydroxylation is 1. The number of nitrogens with zero attached hydrogens (tertiary/aromatic N) is 1. The van der Waals surface area contributed by atoms with E-state index in [2.05, 4.69) is 22.0 Å². The number of carbonyl (C=O) groups is 1. The van der Waals surface area contributed by atoms with Crippen LogP contribution in [0.1, 0.15) is 28.8 Å². The third kappa shape index (κ3) is 2.86. The van der Waals surface area contributed by atoms with Gasteiger partial charge in [-0.05, 0) is 65.0 Å². The molecule has 1 aliphatic heterocycles. The molecule has 3 rings (SSSR count). The SMILES string of the molecule is O=C(c1ccc(Br)c(F)c1)N1CCCCc2ccccc21. The molecule has 0 fully saturated rings. The summed E-state index contributed by atoms with van der Waals surface area (Å²) < 4.78 is 14.0. The molecule has 0 aromatic heterocycles. The Kier molecular flexibility index (Phi) is 4.06. The molecule has 2 nitrogen and oxygen atoms in total. The van der Waals surface area contributed by atoms with Crippen molar-refractivity contribution in [2.24, 2.45) is 0 Å². The first-order chi connectivity index (χ1) is 10.2. The smallest absolute Gasteiger partial charge is 0.258 e. The predicted molar refractivity (Wildman–Crippen MR) is 85.2 cm³/mol. The molecule has 0 bridgehead atoms. The Morgan fingerprint density at radius 3 is 2.76 bits per heavy atom. The summed E-state index contributed by atoms with van der Waals surface area (Å²) in [6.07, 6.45) is 3.00. The second-order valence-electron chi connectivity index (χ2n) is 5.17. The van der Waals surface area contributed by atoms with Crippen LogP contribution < -0.4 is 4.90 Å². The fraction of sp³-hybridized carbons (Fsp3) is 0.235. The quantitative estimate of drug-likeness (QED) is 0.739. The molecule has 1 amide bonds. The Morgan fingerprint density at radius 1 is 1.14 bits per heavy atom. The number of anilines is 1. The summed E-state index contributed by atoms with van der Waals surface area (Å²) in [5.41, 5.74) is 2.51. The van der Waals surface area contributed by atoms with Crippen LogP contribution in [0.5, 0.6) is 0 Å². The van der Waals surface area contributed by atoms with Crippen LogP contribution >= 0.6 is 15.9 Å². The second-order valence-corrected chi connectivity index (χ2v) is 6.03. The van der Waals surface area contributed by atoms with Crippen LogP contribution in [0, 0.1) is 5.82 Å². The van der Waals surface area contributed by atoms with Crippen molar-refractivity contribution in [1.29, 1.82) is 0 Å². The Bertz CT molecular complexity index is 686. The number of amides is 1. The maximum atomic E-state index is 13.7. The molecule has 0 unspecified atom stereocenters. The Balaban J connectivity index is 1.99. The summed E-state index contributed by atoms with van der Waals surface area (Å²) in [6.45, 7) is 0.674. The molecule has 2 aromatic carbocycles. The van der Waals surface area contributed by atoms with E-state index in [1.807, 2.05) is 18.2 Å². The third-order valence-electron chi connectivity index (χ3n) is 3.77. The van der Waals surface area contributed by atoms with Gasteiger partial charge in [0.25, 0.3) is 5.91 Å². The van der Waals surface area contributed by atoms with Gasteiger partial charge in [0.2, 0.25) is 0 Å². The van der Waals surface area contributed by atoms with Crippen LogP contribution in [0.3, 0.4) is 0 Å². The van der Waals surface area contributed by atoms with Crippen molar-refractivity contribution in [2.45, 2.75) is 19.3 Å². The molecule has 0 atom stereocenters. The van der Waals surface area contributed by atoms with Gasteiger partial charge in [-0.15, -0.1) is 0 Å². The summed E-state index contributed by atoms with van der Waals surface area (Å²) in [6, 6.07) is 12.5. The van der Waals surface area contributed by atoms with Gasteiger partial charge in [0.1, 0.15) is 5.82 Å². The van der Waals surface area contributed by atoms with Crippen LogP contribution in [-0.4, -0.2) is 12.5 Å². The largest absolute Gasteiger partial charge is 0.308 e. The summed E-state index contributed by atoms with van der Waals surface area (Å²) in [4.78, 5) is 14.5. The van der Waals surface area contributed by atoms with Crippen LogP contribution in [0.15, 0.2) is 46.9 Å². The minimum atomic E-state index is -0.413. The number of halogens is 2. The van der Waals surface area contributed by atoms with Crippen LogP contribution in [-0.2, 0) is 6.42 Å². The van der Waals surface area contributed by atoms with Crippen molar-refractivity contribution >= 4 is 27.5 Å². The number of para-hydroxylation sites is 1. The highest BCUT2D eigenvalue weighted by Gasteiger charge is 2.22. The average molecular weight is 348 g/mol. The van der Waals surface area contributed by atoms with E-state index in [-0.39, 0.29) is 5.91 Å². The molecule has 108 valence electrons. The molecule has 0 spiro atoms. The first kappa shape index (κ1) is 14.3. The third-order valence-corrected chi connectivity index (χ3v) is 4.42. The molecule has 4 heteroatoms. The molecule has 0 saturated heterocycles. The topological polar surface area (TPSA) is 20.3 Å². The van der Waals surface area contributed by atoms with Crippen molar-refractivity contribution < 1.29 is 9.18 Å². The highest BCUT2D eigenvalue weighted by molar-refractivity contribution is 9.10. The zero-order valence-corrected chi connectivity index (χ0v) is 13.1. The number of benzene rings is 2. The summed E-state index contributed by atoms with van der Waals surface area (Å²) in [5.74, 6) is -0.556. The lowest BCUT2D eigenvalue weighted by molar-refractivity contribution is 0.0986. The summed E-state index contributed by atoms with van der Waals surface area (Å²) in [5, 5.41) is 0. The molecule has 21 heavy (non-hydrogen) atoms. The zero-order chi connectivity index (χ0) is 14.8. The lowest BCUT2D eigenvalue weighted by Crippen LogP contribution is -2.31. The normalized spacial score (nSPS) is 14.5. The van der Waals surface area contributed by atoms with Gasteiger partial charge in [-0.25, -0.2) is 4.39 Å². The number of hydrogen-bond acceptors (Lipinski definition) is 1. The lowest BCUT2D eigenvalue weighted by Gasteiger charge is -2.23. The maximum absolute atomic E-state index is 13.7. The molecule has 1 heterocycles. The number of hydrogen-bond donors (Lipinski definition) is 0. The second kappa shape index (κ2) is 5.98. The van der Waals surface area contributed by atoms with Gasteiger partial charge in [-0.2, -0.15) is 0 Å². The first-order valence-corrected chi connectivity index (χ1v) is 7.81. The summed E-state index contributed by atoms with van der Waals surface area (Å²) >= 11 is 3.11. The number of carbonyl (C=O) groups excluding carboxylic acids is 1. The van der Waals surface area contributed by atoms with Crippen molar-refractivity contribution in [3.63, 3.8) is 0 Å². The van der Waals surface area contributed by atoms with Gasteiger partial charge in [0.15, 0.2) is 0 Å². The van der Waals surface area contributed by atoms with Crippen molar-refractivity contribution in [1.82, 2.24) is 0 Å². The van der Waals surface area contributed by atoms with Gasteiger partial charge in [0, 0.05) is 17.8 Å². The molecule has 1 aliphatic rings. The number of fused-ring (bicyclic) bond motifs is 1. The van der Waals surface area contributed by atoms with Crippen molar-refractivity contribution in [3.8, 4) is 0 Å². The van der Waals surface area contributed by atoms with E-state index >= 15 is 0 Å². The van der Waals surface area contributed by atoms with Crippen LogP contribution in [0.25, 0.3) is 0 Å². The van der Waals surface area contributed by atoms with E-state index in [0.717, 1.165) is 24.9 Å². The monoisotopic (exact) mass is 347 g/mol. The Hall–Kier alpha value is -1.68. The van der Waals surface area contributed by atoms with E-state index in [1.165, 1.54) is 11.6 Å². The average Bonchev–Trinajstić information content (AvgIpc) is 2.71. The van der Waals surface area contributed by atoms with E-state index in [9.17, 15) is 9.18 Å². The fourth-order valence-corrected chi connectivity index (χ4v) is 2.93. The molecule has 0 N–H and O–H groups in total. The molecular weight excluding hydrogens is 333 g/mol. The van der Waals surface area contributed by atoms with Crippen LogP contribution in [0.2, 0.25) is 0 Å². The highest BCUT2D eigenvalue weighted by Crippen LogP contribution is 2.28. The number of rotatable bonds is 1. The van der Waals surface area contributed by atoms with Gasteiger partial charge in [-0.3, -0.25) is 4.79 Å². The first-order valence-electron chi connectivity index (χ1n) is 7.01. The molecule has 0 saturated carbocycles. The molecular formula is C17H15BrFNO. The van der Waals surface area contributed by atoms with Gasteiger partial charge >= 0.3 is 0 Å². The van der Waals surface area contributed by atoms with Gasteiger partial charge in [0.05, 0.1) is 4.47 Å². The molecule has 0 aliphatic carbocycles. The standard InChI is InChI=1S/C17H15BrFNO/c18-14-9-8-13(11-15(14)19)17(21)20-10-4-3-6-12-5-1-2-7-16(12)20/h1-2,5,7-9,11H,3-4,6,10H2. The van der Waals surface area contributed by atoms with E-state index in [0.29, 0.717) is 16.6 Å². The van der Waals surface area contributed by atoms with Gasteiger partial charge < -0.3 is 4.90 Å². The maximum Gasteiger partial charge on any atom is 0.258 e. The minimum Gasteiger partial charge on any atom is -0.308 e.